The van der Waals surface area contributed by atoms with Crippen molar-refractivity contribution in [3.05, 3.63) is 16.1 Å². The SMILES string of the molecule is Cc1csc(C(C)NC(=O)N2CC(O)CC2C(=O)O)n1. The van der Waals surface area contributed by atoms with E-state index in [0.717, 1.165) is 15.6 Å². The molecule has 7 nitrogen and oxygen atoms in total. The van der Waals surface area contributed by atoms with E-state index in [-0.39, 0.29) is 19.0 Å². The molecule has 2 amide bonds. The molecule has 1 saturated heterocycles. The number of aromatic nitrogens is 1. The van der Waals surface area contributed by atoms with Crippen LogP contribution in [0.4, 0.5) is 4.79 Å². The van der Waals surface area contributed by atoms with Crippen molar-refractivity contribution < 1.29 is 19.8 Å². The van der Waals surface area contributed by atoms with Crippen LogP contribution >= 0.6 is 11.3 Å². The quantitative estimate of drug-likeness (QED) is 0.764. The lowest BCUT2D eigenvalue weighted by Crippen LogP contribution is -2.46. The first-order valence-corrected chi connectivity index (χ1v) is 7.16. The number of β-amino-alcohol motifs (C(OH)–C–C–N with tert-alkyl or cyclic N) is 1. The largest absolute Gasteiger partial charge is 0.480 e. The van der Waals surface area contributed by atoms with E-state index in [9.17, 15) is 14.7 Å². The zero-order chi connectivity index (χ0) is 14.9. The van der Waals surface area contributed by atoms with Crippen molar-refractivity contribution in [2.45, 2.75) is 38.5 Å². The van der Waals surface area contributed by atoms with Crippen molar-refractivity contribution in [3.63, 3.8) is 0 Å². The molecule has 1 aliphatic rings. The fourth-order valence-corrected chi connectivity index (χ4v) is 2.98. The van der Waals surface area contributed by atoms with Crippen molar-refractivity contribution in [1.29, 1.82) is 0 Å². The van der Waals surface area contributed by atoms with Gasteiger partial charge >= 0.3 is 12.0 Å². The van der Waals surface area contributed by atoms with Crippen LogP contribution in [-0.4, -0.2) is 50.8 Å². The second-order valence-corrected chi connectivity index (χ2v) is 5.78. The molecule has 0 spiro atoms. The fourth-order valence-electron chi connectivity index (χ4n) is 2.17. The Hall–Kier alpha value is -1.67. The van der Waals surface area contributed by atoms with Crippen molar-refractivity contribution >= 4 is 23.3 Å². The molecule has 0 saturated carbocycles. The van der Waals surface area contributed by atoms with E-state index < -0.39 is 24.1 Å². The molecule has 3 N–H and O–H groups in total. The summed E-state index contributed by atoms with van der Waals surface area (Å²) in [4.78, 5) is 28.6. The number of aliphatic hydroxyl groups is 1. The van der Waals surface area contributed by atoms with Crippen LogP contribution in [0.5, 0.6) is 0 Å². The van der Waals surface area contributed by atoms with Gasteiger partial charge in [0.05, 0.1) is 12.1 Å². The first-order valence-electron chi connectivity index (χ1n) is 6.28. The number of rotatable bonds is 3. The van der Waals surface area contributed by atoms with Gasteiger partial charge < -0.3 is 20.4 Å². The Balaban J connectivity index is 2.02. The summed E-state index contributed by atoms with van der Waals surface area (Å²) in [5.41, 5.74) is 0.881. The predicted octanol–water partition coefficient (Wildman–Crippen LogP) is 0.742. The minimum Gasteiger partial charge on any atom is -0.480 e. The van der Waals surface area contributed by atoms with Crippen LogP contribution in [-0.2, 0) is 4.79 Å². The Labute approximate surface area is 120 Å². The molecule has 0 aliphatic carbocycles. The number of aliphatic hydroxyl groups excluding tert-OH is 1. The highest BCUT2D eigenvalue weighted by molar-refractivity contribution is 7.09. The van der Waals surface area contributed by atoms with E-state index in [0.29, 0.717) is 0 Å². The molecule has 8 heteroatoms. The molecule has 2 rings (SSSR count). The second kappa shape index (κ2) is 5.76. The molecule has 2 heterocycles. The summed E-state index contributed by atoms with van der Waals surface area (Å²) >= 11 is 1.44. The van der Waals surface area contributed by atoms with Gasteiger partial charge in [-0.05, 0) is 13.8 Å². The lowest BCUT2D eigenvalue weighted by molar-refractivity contribution is -0.141. The van der Waals surface area contributed by atoms with Crippen molar-refractivity contribution in [3.8, 4) is 0 Å². The Morgan fingerprint density at radius 1 is 1.60 bits per heavy atom. The van der Waals surface area contributed by atoms with Crippen LogP contribution in [0.3, 0.4) is 0 Å². The molecule has 0 aromatic carbocycles. The zero-order valence-electron chi connectivity index (χ0n) is 11.2. The van der Waals surface area contributed by atoms with Crippen LogP contribution in [0.15, 0.2) is 5.38 Å². The van der Waals surface area contributed by atoms with E-state index in [1.54, 1.807) is 6.92 Å². The molecular formula is C12H17N3O4S. The highest BCUT2D eigenvalue weighted by Crippen LogP contribution is 2.21. The number of carbonyl (C=O) groups is 2. The summed E-state index contributed by atoms with van der Waals surface area (Å²) in [6.07, 6.45) is -0.729. The third kappa shape index (κ3) is 3.07. The van der Waals surface area contributed by atoms with Crippen LogP contribution in [0.25, 0.3) is 0 Å². The Kier molecular flexibility index (Phi) is 4.24. The van der Waals surface area contributed by atoms with E-state index in [1.165, 1.54) is 11.3 Å². The van der Waals surface area contributed by atoms with Gasteiger partial charge in [0.15, 0.2) is 0 Å². The molecule has 20 heavy (non-hydrogen) atoms. The third-order valence-corrected chi connectivity index (χ3v) is 4.32. The first kappa shape index (κ1) is 14.7. The van der Waals surface area contributed by atoms with Crippen LogP contribution in [0.1, 0.15) is 30.1 Å². The van der Waals surface area contributed by atoms with Gasteiger partial charge in [-0.15, -0.1) is 11.3 Å². The van der Waals surface area contributed by atoms with Crippen molar-refractivity contribution in [1.82, 2.24) is 15.2 Å². The number of thiazole rings is 1. The summed E-state index contributed by atoms with van der Waals surface area (Å²) in [7, 11) is 0. The molecule has 0 bridgehead atoms. The lowest BCUT2D eigenvalue weighted by atomic mass is 10.2. The second-order valence-electron chi connectivity index (χ2n) is 4.89. The van der Waals surface area contributed by atoms with Gasteiger partial charge in [-0.25, -0.2) is 14.6 Å². The number of hydrogen-bond donors (Lipinski definition) is 3. The third-order valence-electron chi connectivity index (χ3n) is 3.17. The molecule has 1 aromatic heterocycles. The zero-order valence-corrected chi connectivity index (χ0v) is 12.1. The minimum atomic E-state index is -1.10. The van der Waals surface area contributed by atoms with Crippen molar-refractivity contribution in [2.75, 3.05) is 6.54 Å². The van der Waals surface area contributed by atoms with Gasteiger partial charge in [-0.3, -0.25) is 0 Å². The minimum absolute atomic E-state index is 0.0341. The number of nitrogens with zero attached hydrogens (tertiary/aromatic N) is 2. The number of carboxylic acids is 1. The highest BCUT2D eigenvalue weighted by atomic mass is 32.1. The van der Waals surface area contributed by atoms with Crippen LogP contribution in [0, 0.1) is 6.92 Å². The summed E-state index contributed by atoms with van der Waals surface area (Å²) in [5.74, 6) is -1.10. The van der Waals surface area contributed by atoms with Gasteiger partial charge in [0, 0.05) is 24.0 Å². The first-order chi connectivity index (χ1) is 9.38. The van der Waals surface area contributed by atoms with E-state index >= 15 is 0 Å². The topological polar surface area (TPSA) is 103 Å². The maximum atomic E-state index is 12.1. The highest BCUT2D eigenvalue weighted by Gasteiger charge is 2.39. The average Bonchev–Trinajstić information content (AvgIpc) is 2.95. The molecule has 1 aliphatic heterocycles. The predicted molar refractivity (Wildman–Crippen MR) is 72.6 cm³/mol. The van der Waals surface area contributed by atoms with Crippen LogP contribution < -0.4 is 5.32 Å². The van der Waals surface area contributed by atoms with Crippen LogP contribution in [0.2, 0.25) is 0 Å². The Morgan fingerprint density at radius 3 is 2.85 bits per heavy atom. The standard InChI is InChI=1S/C12H17N3O4S/c1-6-5-20-10(13-6)7(2)14-12(19)15-4-8(16)3-9(15)11(17)18/h5,7-9,16H,3-4H2,1-2H3,(H,14,19)(H,17,18). The summed E-state index contributed by atoms with van der Waals surface area (Å²) in [6, 6.07) is -1.77. The lowest BCUT2D eigenvalue weighted by Gasteiger charge is -2.23. The van der Waals surface area contributed by atoms with Gasteiger partial charge in [-0.1, -0.05) is 0 Å². The van der Waals surface area contributed by atoms with Crippen molar-refractivity contribution in [2.24, 2.45) is 0 Å². The number of aliphatic carboxylic acids is 1. The monoisotopic (exact) mass is 299 g/mol. The smallest absolute Gasteiger partial charge is 0.326 e. The number of carboxylic acid groups (broad SMARTS) is 1. The van der Waals surface area contributed by atoms with E-state index in [2.05, 4.69) is 10.3 Å². The normalized spacial score (nSPS) is 23.6. The Bertz CT molecular complexity index is 519. The Morgan fingerprint density at radius 2 is 2.30 bits per heavy atom. The molecule has 110 valence electrons. The summed E-state index contributed by atoms with van der Waals surface area (Å²) < 4.78 is 0. The number of carbonyl (C=O) groups excluding carboxylic acids is 1. The number of likely N-dealkylation sites (tertiary alicyclic amines) is 1. The molecule has 1 fully saturated rings. The molecular weight excluding hydrogens is 282 g/mol. The summed E-state index contributed by atoms with van der Waals surface area (Å²) in [6.45, 7) is 3.69. The fraction of sp³-hybridized carbons (Fsp3) is 0.583. The maximum absolute atomic E-state index is 12.1. The number of nitrogens with one attached hydrogen (secondary N) is 1. The number of aryl methyl sites for hydroxylation is 1. The average molecular weight is 299 g/mol. The molecule has 0 radical (unpaired) electrons. The van der Waals surface area contributed by atoms with Gasteiger partial charge in [0.25, 0.3) is 0 Å². The molecule has 3 atom stereocenters. The molecule has 1 aromatic rings. The van der Waals surface area contributed by atoms with Gasteiger partial charge in [-0.2, -0.15) is 0 Å². The van der Waals surface area contributed by atoms with E-state index in [4.69, 9.17) is 5.11 Å². The number of hydrogen-bond acceptors (Lipinski definition) is 5. The van der Waals surface area contributed by atoms with Gasteiger partial charge in [0.2, 0.25) is 0 Å². The van der Waals surface area contributed by atoms with E-state index in [1.807, 2.05) is 12.3 Å². The summed E-state index contributed by atoms with van der Waals surface area (Å²) in [5, 5.41) is 24.0. The maximum Gasteiger partial charge on any atom is 0.326 e. The number of urea groups is 1. The molecule has 3 unspecified atom stereocenters. The number of amides is 2. The van der Waals surface area contributed by atoms with Gasteiger partial charge in [0.1, 0.15) is 11.0 Å².